The Morgan fingerprint density at radius 3 is 1.57 bits per heavy atom. The largest absolute Gasteiger partial charge is 0.455 e. The maximum Gasteiger partial charge on any atom is 0.143 e. The van der Waals surface area contributed by atoms with Crippen LogP contribution in [-0.2, 0) is 10.8 Å². The van der Waals surface area contributed by atoms with Crippen molar-refractivity contribution in [1.29, 1.82) is 0 Å². The third-order valence-electron chi connectivity index (χ3n) is 15.4. The zero-order chi connectivity index (χ0) is 43.3. The summed E-state index contributed by atoms with van der Waals surface area (Å²) in [6, 6.07) is 72.7. The number of hydrogen-bond donors (Lipinski definition) is 0. The van der Waals surface area contributed by atoms with Crippen molar-refractivity contribution in [3.8, 4) is 55.6 Å². The smallest absolute Gasteiger partial charge is 0.143 e. The number of rotatable bonds is 3. The van der Waals surface area contributed by atoms with Gasteiger partial charge in [0, 0.05) is 27.0 Å². The van der Waals surface area contributed by atoms with E-state index in [1.807, 2.05) is 0 Å². The van der Waals surface area contributed by atoms with Crippen molar-refractivity contribution >= 4 is 65.0 Å². The molecule has 1 heteroatoms. The van der Waals surface area contributed by atoms with Crippen LogP contribution in [0.4, 0.5) is 0 Å². The fourth-order valence-electron chi connectivity index (χ4n) is 12.4. The van der Waals surface area contributed by atoms with E-state index in [2.05, 4.69) is 222 Å². The topological polar surface area (TPSA) is 13.1 Å². The summed E-state index contributed by atoms with van der Waals surface area (Å²) in [4.78, 5) is 0. The lowest BCUT2D eigenvalue weighted by molar-refractivity contribution is 0.661. The van der Waals surface area contributed by atoms with Crippen molar-refractivity contribution in [2.45, 2.75) is 38.5 Å². The Bertz CT molecular complexity index is 4000. The van der Waals surface area contributed by atoms with Crippen molar-refractivity contribution in [2.75, 3.05) is 0 Å². The predicted octanol–water partition coefficient (Wildman–Crippen LogP) is 17.8. The standard InChI is InChI=1S/C64H44O/c1-63(2)56-35-39(38-26-33-55-54(34-38)51-30-32-53-50(61(51)64(55,3)4)29-31-52-44-17-11-12-23-58(44)65-62(52)53)24-27-42(56)43-28-25-40(36-57(43)63)59-46-18-7-9-20-48(46)60(49-21-10-8-19-47(49)59)45-22-13-15-37-14-5-6-16-41(37)45/h5-36H,1-4H3. The molecule has 2 aliphatic rings. The van der Waals surface area contributed by atoms with Crippen LogP contribution in [0, 0.1) is 0 Å². The highest BCUT2D eigenvalue weighted by Crippen LogP contribution is 2.55. The molecule has 0 radical (unpaired) electrons. The third-order valence-corrected chi connectivity index (χ3v) is 15.4. The summed E-state index contributed by atoms with van der Waals surface area (Å²) >= 11 is 0. The molecule has 0 aliphatic heterocycles. The SMILES string of the molecule is CC1(C)c2cc(-c3ccc4c(c3)-c3ccc5c(ccc6c7ccccc7oc56)c3C4(C)C)ccc2-c2ccc(-c3c4ccccc4c(-c4cccc5ccccc45)c4ccccc34)cc21. The first kappa shape index (κ1) is 36.7. The number of para-hydroxylation sites is 1. The van der Waals surface area contributed by atoms with Gasteiger partial charge in [0.1, 0.15) is 11.2 Å². The molecule has 0 unspecified atom stereocenters. The first-order chi connectivity index (χ1) is 31.8. The highest BCUT2D eigenvalue weighted by atomic mass is 16.3. The Morgan fingerprint density at radius 2 is 0.831 bits per heavy atom. The van der Waals surface area contributed by atoms with Crippen LogP contribution in [0.1, 0.15) is 49.9 Å². The monoisotopic (exact) mass is 828 g/mol. The summed E-state index contributed by atoms with van der Waals surface area (Å²) < 4.78 is 6.52. The van der Waals surface area contributed by atoms with E-state index in [1.165, 1.54) is 132 Å². The van der Waals surface area contributed by atoms with E-state index >= 15 is 0 Å². The normalized spacial score (nSPS) is 14.4. The molecule has 1 heterocycles. The van der Waals surface area contributed by atoms with E-state index in [-0.39, 0.29) is 10.8 Å². The van der Waals surface area contributed by atoms with Gasteiger partial charge in [0.05, 0.1) is 0 Å². The van der Waals surface area contributed by atoms with Gasteiger partial charge >= 0.3 is 0 Å². The molecule has 0 bridgehead atoms. The molecule has 14 rings (SSSR count). The summed E-state index contributed by atoms with van der Waals surface area (Å²) in [7, 11) is 0. The Labute approximate surface area is 378 Å². The molecule has 306 valence electrons. The molecule has 0 N–H and O–H groups in total. The predicted molar refractivity (Wildman–Crippen MR) is 275 cm³/mol. The van der Waals surface area contributed by atoms with Gasteiger partial charge in [-0.1, -0.05) is 185 Å². The maximum absolute atomic E-state index is 6.52. The van der Waals surface area contributed by atoms with Gasteiger partial charge in [0.25, 0.3) is 0 Å². The van der Waals surface area contributed by atoms with Crippen molar-refractivity contribution < 1.29 is 4.42 Å². The Hall–Kier alpha value is -7.74. The van der Waals surface area contributed by atoms with Crippen LogP contribution in [-0.4, -0.2) is 0 Å². The van der Waals surface area contributed by atoms with Gasteiger partial charge in [0.2, 0.25) is 0 Å². The van der Waals surface area contributed by atoms with Crippen molar-refractivity contribution in [1.82, 2.24) is 0 Å². The Balaban J connectivity index is 0.879. The van der Waals surface area contributed by atoms with E-state index in [1.54, 1.807) is 0 Å². The van der Waals surface area contributed by atoms with Crippen LogP contribution < -0.4 is 0 Å². The second kappa shape index (κ2) is 12.9. The van der Waals surface area contributed by atoms with Gasteiger partial charge in [-0.15, -0.1) is 0 Å². The average molecular weight is 829 g/mol. The number of furan rings is 1. The van der Waals surface area contributed by atoms with Crippen LogP contribution in [0.25, 0.3) is 121 Å². The highest BCUT2D eigenvalue weighted by Gasteiger charge is 2.39. The number of hydrogen-bond acceptors (Lipinski definition) is 1. The number of benzene rings is 11. The van der Waals surface area contributed by atoms with Crippen LogP contribution >= 0.6 is 0 Å². The second-order valence-electron chi connectivity index (χ2n) is 19.5. The minimum Gasteiger partial charge on any atom is -0.455 e. The van der Waals surface area contributed by atoms with Gasteiger partial charge in [-0.05, 0) is 152 Å². The van der Waals surface area contributed by atoms with Gasteiger partial charge in [-0.2, -0.15) is 0 Å². The fourth-order valence-corrected chi connectivity index (χ4v) is 12.4. The van der Waals surface area contributed by atoms with Crippen molar-refractivity contribution in [3.63, 3.8) is 0 Å². The van der Waals surface area contributed by atoms with Gasteiger partial charge in [-0.25, -0.2) is 0 Å². The molecule has 0 spiro atoms. The van der Waals surface area contributed by atoms with Crippen LogP contribution in [0.15, 0.2) is 199 Å². The van der Waals surface area contributed by atoms with Gasteiger partial charge in [0.15, 0.2) is 0 Å². The first-order valence-electron chi connectivity index (χ1n) is 23.0. The number of fused-ring (bicyclic) bond motifs is 15. The fraction of sp³-hybridized carbons (Fsp3) is 0.0938. The van der Waals surface area contributed by atoms with E-state index in [9.17, 15) is 0 Å². The van der Waals surface area contributed by atoms with Crippen molar-refractivity contribution in [3.05, 3.63) is 216 Å². The molecule has 0 saturated heterocycles. The molecule has 2 aliphatic carbocycles. The first-order valence-corrected chi connectivity index (χ1v) is 23.0. The lowest BCUT2D eigenvalue weighted by atomic mass is 9.79. The molecule has 12 aromatic rings. The van der Waals surface area contributed by atoms with E-state index < -0.39 is 0 Å². The van der Waals surface area contributed by atoms with Gasteiger partial charge in [-0.3, -0.25) is 0 Å². The zero-order valence-electron chi connectivity index (χ0n) is 36.9. The molecule has 1 aromatic heterocycles. The Morgan fingerprint density at radius 1 is 0.308 bits per heavy atom. The molecule has 1 nitrogen and oxygen atoms in total. The molecule has 0 atom stereocenters. The lowest BCUT2D eigenvalue weighted by Crippen LogP contribution is -2.15. The summed E-state index contributed by atoms with van der Waals surface area (Å²) in [5.74, 6) is 0. The summed E-state index contributed by atoms with van der Waals surface area (Å²) in [5.41, 5.74) is 20.0. The molecule has 0 amide bonds. The molecule has 65 heavy (non-hydrogen) atoms. The Kier molecular flexibility index (Phi) is 7.30. The van der Waals surface area contributed by atoms with E-state index in [0.29, 0.717) is 0 Å². The van der Waals surface area contributed by atoms with Crippen molar-refractivity contribution in [2.24, 2.45) is 0 Å². The van der Waals surface area contributed by atoms with E-state index in [0.717, 1.165) is 11.2 Å². The minimum absolute atomic E-state index is 0.158. The molecule has 0 fully saturated rings. The maximum atomic E-state index is 6.52. The van der Waals surface area contributed by atoms with Gasteiger partial charge < -0.3 is 4.42 Å². The zero-order valence-corrected chi connectivity index (χ0v) is 36.9. The molecular weight excluding hydrogens is 785 g/mol. The third kappa shape index (κ3) is 4.93. The lowest BCUT2D eigenvalue weighted by Gasteiger charge is -2.24. The highest BCUT2D eigenvalue weighted by molar-refractivity contribution is 6.24. The minimum atomic E-state index is -0.197. The van der Waals surface area contributed by atoms with Crippen LogP contribution in [0.2, 0.25) is 0 Å². The quantitative estimate of drug-likeness (QED) is 0.162. The van der Waals surface area contributed by atoms with Crippen LogP contribution in [0.3, 0.4) is 0 Å². The summed E-state index contributed by atoms with van der Waals surface area (Å²) in [5, 5.41) is 12.5. The van der Waals surface area contributed by atoms with E-state index in [4.69, 9.17) is 4.42 Å². The second-order valence-corrected chi connectivity index (χ2v) is 19.5. The molecule has 0 saturated carbocycles. The molecular formula is C64H44O. The average Bonchev–Trinajstić information content (AvgIpc) is 3.92. The summed E-state index contributed by atoms with van der Waals surface area (Å²) in [6.45, 7) is 9.59. The van der Waals surface area contributed by atoms with Crippen LogP contribution in [0.5, 0.6) is 0 Å². The summed E-state index contributed by atoms with van der Waals surface area (Å²) in [6.07, 6.45) is 0. The molecule has 11 aromatic carbocycles.